The standard InChI is InChI=1S/C21H20F3N7O/c1-13-4-2-8-26-17-7-6-16(14-10-15(12-25-11-14)21(22,23)24)28-19(17)31(13)20(32)29-18-5-3-9-27-30-18/h3,5-7,9-13,26H,2,4,8H2,1H3,(H,29,30,32)/t13-/m1/s1. The van der Waals surface area contributed by atoms with Crippen molar-refractivity contribution in [3.63, 3.8) is 0 Å². The maximum absolute atomic E-state index is 13.2. The van der Waals surface area contributed by atoms with Crippen molar-refractivity contribution in [3.05, 3.63) is 54.5 Å². The molecule has 4 rings (SSSR count). The van der Waals surface area contributed by atoms with Crippen LogP contribution in [0.1, 0.15) is 25.3 Å². The third kappa shape index (κ3) is 4.61. The van der Waals surface area contributed by atoms with Gasteiger partial charge in [-0.15, -0.1) is 5.10 Å². The number of carbonyl (C=O) groups excluding carboxylic acids is 1. The zero-order valence-electron chi connectivity index (χ0n) is 17.1. The molecule has 0 aliphatic carbocycles. The first-order chi connectivity index (χ1) is 15.3. The number of hydrogen-bond acceptors (Lipinski definition) is 6. The van der Waals surface area contributed by atoms with E-state index < -0.39 is 17.8 Å². The molecule has 1 aliphatic heterocycles. The van der Waals surface area contributed by atoms with Crippen LogP contribution in [-0.4, -0.2) is 38.8 Å². The van der Waals surface area contributed by atoms with Gasteiger partial charge in [-0.25, -0.2) is 9.78 Å². The van der Waals surface area contributed by atoms with Gasteiger partial charge in [-0.05, 0) is 50.1 Å². The molecule has 4 heterocycles. The number of anilines is 3. The minimum Gasteiger partial charge on any atom is -0.382 e. The normalized spacial score (nSPS) is 16.4. The molecule has 0 saturated heterocycles. The van der Waals surface area contributed by atoms with Crippen molar-refractivity contribution in [1.29, 1.82) is 0 Å². The van der Waals surface area contributed by atoms with E-state index in [1.807, 2.05) is 6.92 Å². The summed E-state index contributed by atoms with van der Waals surface area (Å²) in [5, 5.41) is 13.6. The van der Waals surface area contributed by atoms with E-state index >= 15 is 0 Å². The second-order valence-corrected chi connectivity index (χ2v) is 7.35. The molecule has 0 spiro atoms. The molecule has 3 aromatic rings. The van der Waals surface area contributed by atoms with Gasteiger partial charge in [-0.3, -0.25) is 15.2 Å². The summed E-state index contributed by atoms with van der Waals surface area (Å²) in [6.07, 6.45) is 0.580. The second-order valence-electron chi connectivity index (χ2n) is 7.35. The molecule has 32 heavy (non-hydrogen) atoms. The quantitative estimate of drug-likeness (QED) is 0.602. The molecule has 8 nitrogen and oxygen atoms in total. The van der Waals surface area contributed by atoms with Crippen molar-refractivity contribution in [2.24, 2.45) is 0 Å². The highest BCUT2D eigenvalue weighted by Crippen LogP contribution is 2.34. The molecular formula is C21H20F3N7O. The molecule has 1 atom stereocenters. The first-order valence-electron chi connectivity index (χ1n) is 9.98. The number of nitrogens with one attached hydrogen (secondary N) is 2. The molecule has 0 unspecified atom stereocenters. The Labute approximate surface area is 181 Å². The van der Waals surface area contributed by atoms with Gasteiger partial charge in [0.05, 0.1) is 16.9 Å². The largest absolute Gasteiger partial charge is 0.417 e. The first kappa shape index (κ1) is 21.5. The van der Waals surface area contributed by atoms with Crippen molar-refractivity contribution in [1.82, 2.24) is 20.2 Å². The van der Waals surface area contributed by atoms with Crippen LogP contribution >= 0.6 is 0 Å². The van der Waals surface area contributed by atoms with E-state index in [1.54, 1.807) is 24.3 Å². The van der Waals surface area contributed by atoms with Gasteiger partial charge < -0.3 is 5.32 Å². The van der Waals surface area contributed by atoms with Gasteiger partial charge in [-0.1, -0.05) is 0 Å². The lowest BCUT2D eigenvalue weighted by atomic mass is 10.1. The minimum absolute atomic E-state index is 0.201. The predicted octanol–water partition coefficient (Wildman–Crippen LogP) is 4.59. The molecule has 0 aromatic carbocycles. The van der Waals surface area contributed by atoms with E-state index in [-0.39, 0.29) is 23.1 Å². The van der Waals surface area contributed by atoms with Crippen LogP contribution in [-0.2, 0) is 6.18 Å². The fourth-order valence-electron chi connectivity index (χ4n) is 3.46. The number of hydrogen-bond donors (Lipinski definition) is 2. The maximum atomic E-state index is 13.2. The summed E-state index contributed by atoms with van der Waals surface area (Å²) < 4.78 is 39.4. The Kier molecular flexibility index (Phi) is 5.89. The Morgan fingerprint density at radius 1 is 1.25 bits per heavy atom. The number of nitrogens with zero attached hydrogens (tertiary/aromatic N) is 5. The molecule has 2 N–H and O–H groups in total. The SMILES string of the molecule is C[C@@H]1CCCNc2ccc(-c3cncc(C(F)(F)F)c3)nc2N1C(=O)Nc1cccnn1. The summed E-state index contributed by atoms with van der Waals surface area (Å²) in [5.41, 5.74) is 0.211. The predicted molar refractivity (Wildman–Crippen MR) is 113 cm³/mol. The number of amides is 2. The Morgan fingerprint density at radius 2 is 2.09 bits per heavy atom. The van der Waals surface area contributed by atoms with Gasteiger partial charge in [0.1, 0.15) is 0 Å². The lowest BCUT2D eigenvalue weighted by Gasteiger charge is -2.32. The van der Waals surface area contributed by atoms with Gasteiger partial charge in [0, 0.05) is 36.7 Å². The number of rotatable bonds is 2. The summed E-state index contributed by atoms with van der Waals surface area (Å²) in [5.74, 6) is 0.591. The van der Waals surface area contributed by atoms with Crippen molar-refractivity contribution in [2.45, 2.75) is 32.0 Å². The van der Waals surface area contributed by atoms with Crippen LogP contribution < -0.4 is 15.5 Å². The summed E-state index contributed by atoms with van der Waals surface area (Å²) in [6.45, 7) is 2.58. The molecule has 1 aliphatic rings. The van der Waals surface area contributed by atoms with E-state index in [2.05, 4.69) is 30.8 Å². The zero-order valence-corrected chi connectivity index (χ0v) is 17.1. The van der Waals surface area contributed by atoms with Crippen molar-refractivity contribution >= 4 is 23.4 Å². The molecule has 0 bridgehead atoms. The second kappa shape index (κ2) is 8.77. The van der Waals surface area contributed by atoms with Crippen LogP contribution in [0.4, 0.5) is 35.3 Å². The molecule has 11 heteroatoms. The molecule has 166 valence electrons. The Balaban J connectivity index is 1.75. The number of urea groups is 1. The van der Waals surface area contributed by atoms with Crippen LogP contribution in [0, 0.1) is 0 Å². The van der Waals surface area contributed by atoms with Crippen LogP contribution in [0.2, 0.25) is 0 Å². The van der Waals surface area contributed by atoms with Crippen molar-refractivity contribution in [2.75, 3.05) is 22.1 Å². The maximum Gasteiger partial charge on any atom is 0.417 e. The number of aromatic nitrogens is 4. The highest BCUT2D eigenvalue weighted by molar-refractivity contribution is 6.03. The van der Waals surface area contributed by atoms with E-state index in [4.69, 9.17) is 0 Å². The summed E-state index contributed by atoms with van der Waals surface area (Å²) in [4.78, 5) is 22.9. The van der Waals surface area contributed by atoms with Crippen molar-refractivity contribution in [3.8, 4) is 11.3 Å². The van der Waals surface area contributed by atoms with Crippen LogP contribution in [0.15, 0.2) is 48.9 Å². The molecule has 0 radical (unpaired) electrons. The van der Waals surface area contributed by atoms with Crippen molar-refractivity contribution < 1.29 is 18.0 Å². The number of pyridine rings is 2. The van der Waals surface area contributed by atoms with Gasteiger partial charge in [0.25, 0.3) is 0 Å². The molecule has 0 saturated carbocycles. The lowest BCUT2D eigenvalue weighted by molar-refractivity contribution is -0.137. The van der Waals surface area contributed by atoms with E-state index in [0.29, 0.717) is 24.5 Å². The summed E-state index contributed by atoms with van der Waals surface area (Å²) in [7, 11) is 0. The van der Waals surface area contributed by atoms with Gasteiger partial charge in [-0.2, -0.15) is 18.3 Å². The highest BCUT2D eigenvalue weighted by atomic mass is 19.4. The first-order valence-corrected chi connectivity index (χ1v) is 9.98. The Hall–Kier alpha value is -3.76. The lowest BCUT2D eigenvalue weighted by Crippen LogP contribution is -2.43. The number of fused-ring (bicyclic) bond motifs is 1. The molecule has 3 aromatic heterocycles. The van der Waals surface area contributed by atoms with E-state index in [0.717, 1.165) is 18.7 Å². The Bertz CT molecular complexity index is 1110. The topological polar surface area (TPSA) is 95.9 Å². The van der Waals surface area contributed by atoms with Gasteiger partial charge in [0.2, 0.25) is 0 Å². The third-order valence-electron chi connectivity index (χ3n) is 5.05. The smallest absolute Gasteiger partial charge is 0.382 e. The van der Waals surface area contributed by atoms with Gasteiger partial charge in [0.15, 0.2) is 11.6 Å². The molecule has 2 amide bonds. The fraction of sp³-hybridized carbons (Fsp3) is 0.286. The van der Waals surface area contributed by atoms with E-state index in [9.17, 15) is 18.0 Å². The van der Waals surface area contributed by atoms with Gasteiger partial charge >= 0.3 is 12.2 Å². The Morgan fingerprint density at radius 3 is 2.84 bits per heavy atom. The van der Waals surface area contributed by atoms with Crippen LogP contribution in [0.3, 0.4) is 0 Å². The highest BCUT2D eigenvalue weighted by Gasteiger charge is 2.32. The summed E-state index contributed by atoms with van der Waals surface area (Å²) >= 11 is 0. The average molecular weight is 443 g/mol. The summed E-state index contributed by atoms with van der Waals surface area (Å²) in [6, 6.07) is 6.88. The van der Waals surface area contributed by atoms with Crippen LogP contribution in [0.5, 0.6) is 0 Å². The average Bonchev–Trinajstić information content (AvgIpc) is 2.76. The van der Waals surface area contributed by atoms with Crippen LogP contribution in [0.25, 0.3) is 11.3 Å². The molecule has 0 fully saturated rings. The number of halogens is 3. The molecular weight excluding hydrogens is 423 g/mol. The van der Waals surface area contributed by atoms with E-state index in [1.165, 1.54) is 17.3 Å². The third-order valence-corrected chi connectivity index (χ3v) is 5.05. The number of carbonyl (C=O) groups is 1. The zero-order chi connectivity index (χ0) is 22.7. The fourth-order valence-corrected chi connectivity index (χ4v) is 3.46. The minimum atomic E-state index is -4.52. The number of alkyl halides is 3. The monoisotopic (exact) mass is 443 g/mol.